The summed E-state index contributed by atoms with van der Waals surface area (Å²) in [5.41, 5.74) is 0.343. The highest BCUT2D eigenvalue weighted by atomic mass is 16.6. The number of hydrogen-bond donors (Lipinski definition) is 0. The minimum atomic E-state index is -0.162. The summed E-state index contributed by atoms with van der Waals surface area (Å²) in [5.74, 6) is -0.162. The van der Waals surface area contributed by atoms with Crippen molar-refractivity contribution in [3.63, 3.8) is 0 Å². The van der Waals surface area contributed by atoms with Gasteiger partial charge in [0, 0.05) is 6.61 Å². The van der Waals surface area contributed by atoms with E-state index in [1.807, 2.05) is 20.8 Å². The van der Waals surface area contributed by atoms with Gasteiger partial charge in [-0.2, -0.15) is 0 Å². The minimum Gasteiger partial charge on any atom is -0.463 e. The molecule has 126 valence electrons. The molecule has 0 heterocycles. The van der Waals surface area contributed by atoms with Gasteiger partial charge in [0.15, 0.2) is 0 Å². The largest absolute Gasteiger partial charge is 0.463 e. The van der Waals surface area contributed by atoms with Crippen molar-refractivity contribution >= 4 is 5.97 Å². The topological polar surface area (TPSA) is 44.8 Å². The lowest BCUT2D eigenvalue weighted by atomic mass is 9.91. The van der Waals surface area contributed by atoms with Crippen LogP contribution in [-0.2, 0) is 19.0 Å². The standard InChI is InChI=1S/C17H34O4/c1-16(2,3)8-7-9-19-10-11-20-12-13-21-15(18)14-17(4,5)6/h7-14H2,1-6H3. The van der Waals surface area contributed by atoms with Gasteiger partial charge in [-0.1, -0.05) is 41.5 Å². The van der Waals surface area contributed by atoms with E-state index < -0.39 is 0 Å². The molecule has 0 aromatic heterocycles. The highest BCUT2D eigenvalue weighted by Crippen LogP contribution is 2.20. The fourth-order valence-electron chi connectivity index (χ4n) is 1.73. The Labute approximate surface area is 130 Å². The van der Waals surface area contributed by atoms with Crippen molar-refractivity contribution in [2.24, 2.45) is 10.8 Å². The molecule has 0 amide bonds. The molecule has 0 fully saturated rings. The summed E-state index contributed by atoms with van der Waals surface area (Å²) in [7, 11) is 0. The molecule has 0 atom stereocenters. The zero-order valence-corrected chi connectivity index (χ0v) is 14.8. The Morgan fingerprint density at radius 2 is 1.29 bits per heavy atom. The molecular formula is C17H34O4. The number of ether oxygens (including phenoxy) is 3. The average Bonchev–Trinajstić information content (AvgIpc) is 2.27. The van der Waals surface area contributed by atoms with Gasteiger partial charge in [0.25, 0.3) is 0 Å². The maximum atomic E-state index is 11.4. The third-order valence-corrected chi connectivity index (χ3v) is 2.75. The fourth-order valence-corrected chi connectivity index (χ4v) is 1.73. The molecule has 4 nitrogen and oxygen atoms in total. The molecule has 0 rings (SSSR count). The Hall–Kier alpha value is -0.610. The molecule has 0 aliphatic heterocycles. The van der Waals surface area contributed by atoms with Crippen LogP contribution in [0.2, 0.25) is 0 Å². The van der Waals surface area contributed by atoms with Crippen LogP contribution in [0.5, 0.6) is 0 Å². The molecular weight excluding hydrogens is 268 g/mol. The van der Waals surface area contributed by atoms with Gasteiger partial charge in [-0.05, 0) is 23.7 Å². The van der Waals surface area contributed by atoms with Gasteiger partial charge in [0.1, 0.15) is 6.61 Å². The summed E-state index contributed by atoms with van der Waals surface area (Å²) >= 11 is 0. The van der Waals surface area contributed by atoms with Crippen LogP contribution >= 0.6 is 0 Å². The van der Waals surface area contributed by atoms with Gasteiger partial charge in [-0.25, -0.2) is 0 Å². The average molecular weight is 302 g/mol. The van der Waals surface area contributed by atoms with Crippen LogP contribution in [-0.4, -0.2) is 39.0 Å². The van der Waals surface area contributed by atoms with Crippen molar-refractivity contribution < 1.29 is 19.0 Å². The first-order valence-electron chi connectivity index (χ1n) is 7.91. The molecule has 21 heavy (non-hydrogen) atoms. The zero-order valence-electron chi connectivity index (χ0n) is 14.8. The van der Waals surface area contributed by atoms with Crippen molar-refractivity contribution in [1.82, 2.24) is 0 Å². The summed E-state index contributed by atoms with van der Waals surface area (Å²) in [6, 6.07) is 0. The predicted octanol–water partition coefficient (Wildman–Crippen LogP) is 3.83. The molecule has 0 aromatic rings. The lowest BCUT2D eigenvalue weighted by Gasteiger charge is -2.17. The molecule has 0 unspecified atom stereocenters. The Morgan fingerprint density at radius 1 is 0.762 bits per heavy atom. The molecule has 4 heteroatoms. The number of esters is 1. The van der Waals surface area contributed by atoms with Crippen LogP contribution in [0.3, 0.4) is 0 Å². The third-order valence-electron chi connectivity index (χ3n) is 2.75. The first-order chi connectivity index (χ1) is 9.60. The van der Waals surface area contributed by atoms with Gasteiger partial charge >= 0.3 is 5.97 Å². The second-order valence-electron chi connectivity index (χ2n) is 7.85. The van der Waals surface area contributed by atoms with Crippen LogP contribution in [0.1, 0.15) is 60.8 Å². The van der Waals surface area contributed by atoms with Crippen molar-refractivity contribution in [3.05, 3.63) is 0 Å². The third kappa shape index (κ3) is 17.3. The number of hydrogen-bond acceptors (Lipinski definition) is 4. The van der Waals surface area contributed by atoms with E-state index in [0.29, 0.717) is 38.3 Å². The first kappa shape index (κ1) is 20.4. The van der Waals surface area contributed by atoms with Gasteiger partial charge in [0.05, 0.1) is 26.2 Å². The fraction of sp³-hybridized carbons (Fsp3) is 0.941. The Bertz CT molecular complexity index is 273. The summed E-state index contributed by atoms with van der Waals surface area (Å²) in [6.45, 7) is 15.4. The summed E-state index contributed by atoms with van der Waals surface area (Å²) in [6.07, 6.45) is 2.68. The smallest absolute Gasteiger partial charge is 0.306 e. The monoisotopic (exact) mass is 302 g/mol. The minimum absolute atomic E-state index is 0.0289. The summed E-state index contributed by atoms with van der Waals surface area (Å²) in [4.78, 5) is 11.4. The van der Waals surface area contributed by atoms with Gasteiger partial charge in [-0.15, -0.1) is 0 Å². The number of carbonyl (C=O) groups is 1. The maximum absolute atomic E-state index is 11.4. The van der Waals surface area contributed by atoms with Gasteiger partial charge < -0.3 is 14.2 Å². The summed E-state index contributed by atoms with van der Waals surface area (Å²) < 4.78 is 15.9. The SMILES string of the molecule is CC(C)(C)CCCOCCOCCOC(=O)CC(C)(C)C. The second kappa shape index (κ2) is 10.2. The molecule has 0 bridgehead atoms. The molecule has 0 aliphatic rings. The van der Waals surface area contributed by atoms with Crippen LogP contribution < -0.4 is 0 Å². The number of carbonyl (C=O) groups excluding carboxylic acids is 1. The molecule has 0 aliphatic carbocycles. The van der Waals surface area contributed by atoms with Gasteiger partial charge in [0.2, 0.25) is 0 Å². The van der Waals surface area contributed by atoms with Crippen molar-refractivity contribution in [2.45, 2.75) is 60.8 Å². The van der Waals surface area contributed by atoms with E-state index in [2.05, 4.69) is 20.8 Å². The van der Waals surface area contributed by atoms with E-state index in [4.69, 9.17) is 14.2 Å². The van der Waals surface area contributed by atoms with E-state index in [1.165, 1.54) is 0 Å². The quantitative estimate of drug-likeness (QED) is 0.454. The Morgan fingerprint density at radius 3 is 1.81 bits per heavy atom. The highest BCUT2D eigenvalue weighted by molar-refractivity contribution is 5.70. The first-order valence-corrected chi connectivity index (χ1v) is 7.91. The predicted molar refractivity (Wildman–Crippen MR) is 85.4 cm³/mol. The highest BCUT2D eigenvalue weighted by Gasteiger charge is 2.16. The number of rotatable bonds is 10. The van der Waals surface area contributed by atoms with Crippen LogP contribution in [0.25, 0.3) is 0 Å². The molecule has 0 spiro atoms. The van der Waals surface area contributed by atoms with E-state index >= 15 is 0 Å². The van der Waals surface area contributed by atoms with Crippen LogP contribution in [0.15, 0.2) is 0 Å². The van der Waals surface area contributed by atoms with Crippen molar-refractivity contribution in [1.29, 1.82) is 0 Å². The van der Waals surface area contributed by atoms with Crippen LogP contribution in [0, 0.1) is 10.8 Å². The summed E-state index contributed by atoms with van der Waals surface area (Å²) in [5, 5.41) is 0. The molecule has 0 aromatic carbocycles. The van der Waals surface area contributed by atoms with Crippen molar-refractivity contribution in [3.8, 4) is 0 Å². The molecule has 0 saturated carbocycles. The van der Waals surface area contributed by atoms with E-state index in [-0.39, 0.29) is 11.4 Å². The second-order valence-corrected chi connectivity index (χ2v) is 7.85. The van der Waals surface area contributed by atoms with Crippen molar-refractivity contribution in [2.75, 3.05) is 33.0 Å². The van der Waals surface area contributed by atoms with E-state index in [1.54, 1.807) is 0 Å². The van der Waals surface area contributed by atoms with Gasteiger partial charge in [-0.3, -0.25) is 4.79 Å². The van der Waals surface area contributed by atoms with Crippen LogP contribution in [0.4, 0.5) is 0 Å². The van der Waals surface area contributed by atoms with E-state index in [9.17, 15) is 4.79 Å². The molecule has 0 N–H and O–H groups in total. The zero-order chi connectivity index (χ0) is 16.4. The molecule has 0 radical (unpaired) electrons. The maximum Gasteiger partial charge on any atom is 0.306 e. The Kier molecular flexibility index (Phi) is 9.88. The van der Waals surface area contributed by atoms with E-state index in [0.717, 1.165) is 19.4 Å². The lowest BCUT2D eigenvalue weighted by Crippen LogP contribution is -2.18. The normalized spacial score (nSPS) is 12.5. The lowest BCUT2D eigenvalue weighted by molar-refractivity contribution is -0.147. The Balaban J connectivity index is 3.28. The molecule has 0 saturated heterocycles.